The lowest BCUT2D eigenvalue weighted by Crippen LogP contribution is -1.85. The molecule has 0 spiro atoms. The molecule has 0 aliphatic carbocycles. The molecule has 0 saturated heterocycles. The Bertz CT molecular complexity index is 244. The van der Waals surface area contributed by atoms with E-state index in [1.54, 1.807) is 0 Å². The molecule has 9 heavy (non-hydrogen) atoms. The highest BCUT2D eigenvalue weighted by Gasteiger charge is 1.99. The van der Waals surface area contributed by atoms with Crippen molar-refractivity contribution in [2.24, 2.45) is 0 Å². The van der Waals surface area contributed by atoms with Crippen molar-refractivity contribution in [3.8, 4) is 0 Å². The minimum atomic E-state index is -0.953. The highest BCUT2D eigenvalue weighted by atomic mass is 35.5. The van der Waals surface area contributed by atoms with Gasteiger partial charge < -0.3 is 0 Å². The summed E-state index contributed by atoms with van der Waals surface area (Å²) in [6.45, 7) is 0. The van der Waals surface area contributed by atoms with Crippen LogP contribution in [0, 0.1) is 5.82 Å². The molecule has 1 heterocycles. The molecule has 0 saturated carbocycles. The Balaban J connectivity index is 3.31. The van der Waals surface area contributed by atoms with Gasteiger partial charge in [0.15, 0.2) is 11.0 Å². The summed E-state index contributed by atoms with van der Waals surface area (Å²) >= 11 is 10.4. The van der Waals surface area contributed by atoms with E-state index in [1.165, 1.54) is 0 Å². The Labute approximate surface area is 62.0 Å². The Kier molecular flexibility index (Phi) is 1.47. The van der Waals surface area contributed by atoms with E-state index in [-0.39, 0.29) is 5.28 Å². The van der Waals surface area contributed by atoms with Crippen LogP contribution in [-0.4, -0.2) is 9.97 Å². The molecular weight excluding hydrogens is 166 g/mol. The van der Waals surface area contributed by atoms with Crippen LogP contribution < -0.4 is 0 Å². The van der Waals surface area contributed by atoms with Crippen LogP contribution in [0.2, 0.25) is 10.4 Å². The lowest BCUT2D eigenvalue weighted by atomic mass is 10.6. The van der Waals surface area contributed by atoms with E-state index in [1.807, 2.05) is 0 Å². The van der Waals surface area contributed by atoms with Gasteiger partial charge in [-0.1, -0.05) is 11.6 Å². The van der Waals surface area contributed by atoms with Crippen molar-refractivity contribution in [2.45, 2.75) is 0 Å². The molecule has 0 radical (unpaired) electrons. The van der Waals surface area contributed by atoms with E-state index in [0.29, 0.717) is 0 Å². The highest BCUT2D eigenvalue weighted by Crippen LogP contribution is 2.10. The molecule has 0 N–H and O–H groups in total. The average Bonchev–Trinajstić information content (AvgIpc) is 1.82. The molecule has 0 amide bonds. The van der Waals surface area contributed by atoms with Gasteiger partial charge in [0, 0.05) is 0 Å². The monoisotopic (exact) mass is 167 g/mol. The predicted molar refractivity (Wildman–Crippen MR) is 32.0 cm³/mol. The Hall–Kier alpha value is -0.410. The summed E-state index contributed by atoms with van der Waals surface area (Å²) in [7, 11) is 0. The van der Waals surface area contributed by atoms with Crippen LogP contribution in [0.4, 0.5) is 4.39 Å². The van der Waals surface area contributed by atoms with Crippen LogP contribution in [0.1, 0.15) is 1.37 Å². The van der Waals surface area contributed by atoms with Gasteiger partial charge in [0.25, 0.3) is 0 Å². The van der Waals surface area contributed by atoms with Gasteiger partial charge in [0.05, 0.1) is 7.54 Å². The van der Waals surface area contributed by atoms with E-state index in [4.69, 9.17) is 24.6 Å². The number of hydrogen-bond donors (Lipinski definition) is 0. The molecule has 0 aliphatic heterocycles. The molecular formula is C4HCl2FN2. The van der Waals surface area contributed by atoms with Crippen molar-refractivity contribution >= 4 is 23.2 Å². The van der Waals surface area contributed by atoms with Crippen LogP contribution >= 0.6 is 23.2 Å². The van der Waals surface area contributed by atoms with Gasteiger partial charge in [-0.15, -0.1) is 0 Å². The van der Waals surface area contributed by atoms with Crippen molar-refractivity contribution in [1.82, 2.24) is 9.97 Å². The van der Waals surface area contributed by atoms with E-state index in [9.17, 15) is 4.39 Å². The first-order valence-electron chi connectivity index (χ1n) is 2.46. The summed E-state index contributed by atoms with van der Waals surface area (Å²) in [5.74, 6) is -0.953. The maximum absolute atomic E-state index is 12.4. The average molecular weight is 168 g/mol. The van der Waals surface area contributed by atoms with Gasteiger partial charge in [0.1, 0.15) is 0 Å². The Morgan fingerprint density at radius 2 is 2.33 bits per heavy atom. The molecule has 1 rings (SSSR count). The third kappa shape index (κ3) is 1.50. The number of aromatic nitrogens is 2. The fourth-order valence-corrected chi connectivity index (χ4v) is 0.589. The second-order valence-corrected chi connectivity index (χ2v) is 1.91. The van der Waals surface area contributed by atoms with Crippen molar-refractivity contribution in [1.29, 1.82) is 0 Å². The summed E-state index contributed by atoms with van der Waals surface area (Å²) in [5.41, 5.74) is 0. The number of nitrogens with zero attached hydrogens (tertiary/aromatic N) is 2. The second-order valence-electron chi connectivity index (χ2n) is 1.21. The Morgan fingerprint density at radius 3 is 2.89 bits per heavy atom. The van der Waals surface area contributed by atoms with Crippen molar-refractivity contribution in [3.05, 3.63) is 22.4 Å². The minimum absolute atomic E-state index is 0.226. The maximum Gasteiger partial charge on any atom is 0.223 e. The van der Waals surface area contributed by atoms with Crippen LogP contribution in [0.25, 0.3) is 0 Å². The molecule has 1 aromatic rings. The minimum Gasteiger partial charge on any atom is -0.223 e. The summed E-state index contributed by atoms with van der Waals surface area (Å²) < 4.78 is 19.2. The van der Waals surface area contributed by atoms with Gasteiger partial charge in [-0.3, -0.25) is 0 Å². The quantitative estimate of drug-likeness (QED) is 0.436. The lowest BCUT2D eigenvalue weighted by molar-refractivity contribution is 0.614. The van der Waals surface area contributed by atoms with Crippen molar-refractivity contribution in [3.63, 3.8) is 0 Å². The summed E-state index contributed by atoms with van der Waals surface area (Å²) in [6, 6.07) is 0. The smallest absolute Gasteiger partial charge is 0.223 e. The van der Waals surface area contributed by atoms with Crippen molar-refractivity contribution < 1.29 is 5.76 Å². The molecule has 2 nitrogen and oxygen atoms in total. The first kappa shape index (κ1) is 5.38. The zero-order chi connectivity index (χ0) is 7.72. The molecule has 0 aromatic carbocycles. The summed E-state index contributed by atoms with van der Waals surface area (Å²) in [4.78, 5) is 6.45. The topological polar surface area (TPSA) is 25.8 Å². The number of halogens is 3. The largest absolute Gasteiger partial charge is 0.223 e. The molecule has 1 aromatic heterocycles. The first-order valence-corrected chi connectivity index (χ1v) is 2.72. The standard InChI is InChI=1S/C4HCl2FN2/c5-3-2(7)1-8-4(6)9-3/h1H/i1D. The normalized spacial score (nSPS) is 11.2. The molecule has 0 bridgehead atoms. The molecule has 0 aliphatic rings. The SMILES string of the molecule is [2H]c1nc(Cl)nc(Cl)c1F. The highest BCUT2D eigenvalue weighted by molar-refractivity contribution is 6.31. The third-order valence-corrected chi connectivity index (χ3v) is 1.04. The lowest BCUT2D eigenvalue weighted by Gasteiger charge is -1.89. The molecule has 5 heteroatoms. The van der Waals surface area contributed by atoms with Gasteiger partial charge in [-0.25, -0.2) is 14.4 Å². The fourth-order valence-electron chi connectivity index (χ4n) is 0.296. The zero-order valence-electron chi connectivity index (χ0n) is 5.03. The van der Waals surface area contributed by atoms with E-state index in [2.05, 4.69) is 9.97 Å². The molecule has 0 atom stereocenters. The van der Waals surface area contributed by atoms with Crippen LogP contribution in [0.3, 0.4) is 0 Å². The van der Waals surface area contributed by atoms with Gasteiger partial charge in [-0.2, -0.15) is 0 Å². The summed E-state index contributed by atoms with van der Waals surface area (Å²) in [6.07, 6.45) is -0.593. The maximum atomic E-state index is 12.4. The number of rotatable bonds is 0. The predicted octanol–water partition coefficient (Wildman–Crippen LogP) is 1.92. The molecule has 0 fully saturated rings. The van der Waals surface area contributed by atoms with Gasteiger partial charge in [-0.05, 0) is 11.6 Å². The van der Waals surface area contributed by atoms with Crippen LogP contribution in [0.5, 0.6) is 0 Å². The summed E-state index contributed by atoms with van der Waals surface area (Å²) in [5, 5.41) is -0.651. The van der Waals surface area contributed by atoms with Gasteiger partial charge >= 0.3 is 0 Å². The van der Waals surface area contributed by atoms with Gasteiger partial charge in [0.2, 0.25) is 5.28 Å². The number of hydrogen-bond acceptors (Lipinski definition) is 2. The van der Waals surface area contributed by atoms with Crippen LogP contribution in [-0.2, 0) is 0 Å². The van der Waals surface area contributed by atoms with Crippen molar-refractivity contribution in [2.75, 3.05) is 0 Å². The fraction of sp³-hybridized carbons (Fsp3) is 0. The molecule has 0 unspecified atom stereocenters. The van der Waals surface area contributed by atoms with E-state index >= 15 is 0 Å². The molecule has 48 valence electrons. The van der Waals surface area contributed by atoms with E-state index < -0.39 is 17.1 Å². The van der Waals surface area contributed by atoms with E-state index in [0.717, 1.165) is 0 Å². The zero-order valence-corrected chi connectivity index (χ0v) is 5.54. The van der Waals surface area contributed by atoms with Crippen LogP contribution in [0.15, 0.2) is 6.17 Å². The second kappa shape index (κ2) is 2.45. The third-order valence-electron chi connectivity index (χ3n) is 0.618. The Morgan fingerprint density at radius 1 is 1.67 bits per heavy atom. The first-order chi connectivity index (χ1) is 4.61.